The molecule has 0 radical (unpaired) electrons. The van der Waals surface area contributed by atoms with Crippen molar-refractivity contribution < 1.29 is 4.42 Å². The minimum absolute atomic E-state index is 0.477. The van der Waals surface area contributed by atoms with E-state index in [0.29, 0.717) is 11.3 Å². The highest BCUT2D eigenvalue weighted by atomic mass is 16.3. The van der Waals surface area contributed by atoms with Gasteiger partial charge in [-0.1, -0.05) is 24.3 Å². The summed E-state index contributed by atoms with van der Waals surface area (Å²) in [6, 6.07) is 18.1. The molecule has 0 atom stereocenters. The first-order valence-corrected chi connectivity index (χ1v) is 8.53. The molecule has 0 unspecified atom stereocenters. The van der Waals surface area contributed by atoms with Gasteiger partial charge in [-0.05, 0) is 24.3 Å². The van der Waals surface area contributed by atoms with Crippen molar-refractivity contribution in [1.29, 1.82) is 5.26 Å². The van der Waals surface area contributed by atoms with Crippen LogP contribution in [0.1, 0.15) is 5.56 Å². The van der Waals surface area contributed by atoms with Crippen LogP contribution in [0.3, 0.4) is 0 Å². The molecule has 3 heterocycles. The number of para-hydroxylation sites is 1. The molecule has 0 amide bonds. The predicted molar refractivity (Wildman–Crippen MR) is 106 cm³/mol. The summed E-state index contributed by atoms with van der Waals surface area (Å²) in [6.45, 7) is 0. The Morgan fingerprint density at radius 2 is 1.89 bits per heavy atom. The number of hydrogen-bond acceptors (Lipinski definition) is 4. The zero-order valence-corrected chi connectivity index (χ0v) is 14.2. The molecule has 5 heteroatoms. The molecule has 0 aliphatic heterocycles. The Morgan fingerprint density at radius 3 is 2.81 bits per heavy atom. The van der Waals surface area contributed by atoms with Crippen molar-refractivity contribution >= 4 is 33.2 Å². The maximum Gasteiger partial charge on any atom is 0.134 e. The summed E-state index contributed by atoms with van der Waals surface area (Å²) < 4.78 is 5.70. The van der Waals surface area contributed by atoms with Crippen LogP contribution in [0.2, 0.25) is 0 Å². The lowest BCUT2D eigenvalue weighted by Crippen LogP contribution is -1.98. The van der Waals surface area contributed by atoms with E-state index in [1.165, 1.54) is 0 Å². The number of anilines is 2. The number of nitrogens with one attached hydrogen (secondary N) is 2. The number of aromatic nitrogens is 2. The highest BCUT2D eigenvalue weighted by Gasteiger charge is 2.16. The number of aromatic amines is 1. The predicted octanol–water partition coefficient (Wildman–Crippen LogP) is 5.59. The number of H-pyrrole nitrogens is 1. The van der Waals surface area contributed by atoms with Gasteiger partial charge in [0.25, 0.3) is 0 Å². The maximum atomic E-state index is 9.65. The molecule has 2 N–H and O–H groups in total. The Hall–Kier alpha value is -4.04. The Kier molecular flexibility index (Phi) is 3.41. The second-order valence-corrected chi connectivity index (χ2v) is 6.24. The van der Waals surface area contributed by atoms with E-state index in [9.17, 15) is 5.26 Å². The average Bonchev–Trinajstić information content (AvgIpc) is 3.35. The fourth-order valence-electron chi connectivity index (χ4n) is 3.40. The SMILES string of the molecule is N#Cc1cncc(-c2coc3ccccc23)c1Nc1cccc2[nH]ccc12. The normalized spacial score (nSPS) is 10.9. The van der Waals surface area contributed by atoms with Gasteiger partial charge in [-0.25, -0.2) is 0 Å². The molecule has 0 bridgehead atoms. The van der Waals surface area contributed by atoms with Crippen LogP contribution in [-0.2, 0) is 0 Å². The molecule has 2 aromatic carbocycles. The van der Waals surface area contributed by atoms with Crippen LogP contribution in [0.5, 0.6) is 0 Å². The van der Waals surface area contributed by atoms with Crippen molar-refractivity contribution in [3.63, 3.8) is 0 Å². The smallest absolute Gasteiger partial charge is 0.134 e. The van der Waals surface area contributed by atoms with E-state index in [4.69, 9.17) is 4.42 Å². The molecular weight excluding hydrogens is 336 g/mol. The van der Waals surface area contributed by atoms with Crippen molar-refractivity contribution in [2.24, 2.45) is 0 Å². The van der Waals surface area contributed by atoms with Gasteiger partial charge in [0.2, 0.25) is 0 Å². The van der Waals surface area contributed by atoms with E-state index in [2.05, 4.69) is 21.4 Å². The first-order valence-electron chi connectivity index (χ1n) is 8.53. The topological polar surface area (TPSA) is 77.6 Å². The van der Waals surface area contributed by atoms with Crippen LogP contribution in [-0.4, -0.2) is 9.97 Å². The van der Waals surface area contributed by atoms with Gasteiger partial charge < -0.3 is 14.7 Å². The zero-order chi connectivity index (χ0) is 18.2. The van der Waals surface area contributed by atoms with Crippen molar-refractivity contribution in [3.05, 3.63) is 78.9 Å². The van der Waals surface area contributed by atoms with Gasteiger partial charge in [-0.3, -0.25) is 4.98 Å². The van der Waals surface area contributed by atoms with Crippen LogP contribution in [0.4, 0.5) is 11.4 Å². The molecule has 0 fully saturated rings. The minimum atomic E-state index is 0.477. The number of fused-ring (bicyclic) bond motifs is 2. The number of rotatable bonds is 3. The van der Waals surface area contributed by atoms with Gasteiger partial charge in [-0.15, -0.1) is 0 Å². The van der Waals surface area contributed by atoms with Gasteiger partial charge >= 0.3 is 0 Å². The minimum Gasteiger partial charge on any atom is -0.464 e. The molecule has 3 aromatic heterocycles. The summed E-state index contributed by atoms with van der Waals surface area (Å²) >= 11 is 0. The lowest BCUT2D eigenvalue weighted by Gasteiger charge is -2.13. The van der Waals surface area contributed by atoms with Crippen molar-refractivity contribution in [3.8, 4) is 17.2 Å². The maximum absolute atomic E-state index is 9.65. The van der Waals surface area contributed by atoms with Crippen LogP contribution in [0.15, 0.2) is 77.8 Å². The van der Waals surface area contributed by atoms with E-state index in [0.717, 1.165) is 38.7 Å². The molecule has 5 rings (SSSR count). The summed E-state index contributed by atoms with van der Waals surface area (Å²) in [5, 5.41) is 15.1. The van der Waals surface area contributed by atoms with Gasteiger partial charge in [0.15, 0.2) is 0 Å². The summed E-state index contributed by atoms with van der Waals surface area (Å²) in [4.78, 5) is 7.47. The third kappa shape index (κ3) is 2.43. The lowest BCUT2D eigenvalue weighted by molar-refractivity contribution is 0.617. The van der Waals surface area contributed by atoms with E-state index in [1.807, 2.05) is 54.7 Å². The lowest BCUT2D eigenvalue weighted by atomic mass is 10.0. The fraction of sp³-hybridized carbons (Fsp3) is 0. The summed E-state index contributed by atoms with van der Waals surface area (Å²) in [7, 11) is 0. The Balaban J connectivity index is 1.72. The van der Waals surface area contributed by atoms with Gasteiger partial charge in [-0.2, -0.15) is 5.26 Å². The number of pyridine rings is 1. The summed E-state index contributed by atoms with van der Waals surface area (Å²) in [5.41, 5.74) is 5.67. The van der Waals surface area contributed by atoms with E-state index in [-0.39, 0.29) is 0 Å². The van der Waals surface area contributed by atoms with Crippen LogP contribution in [0.25, 0.3) is 33.0 Å². The van der Waals surface area contributed by atoms with Gasteiger partial charge in [0.05, 0.1) is 17.5 Å². The summed E-state index contributed by atoms with van der Waals surface area (Å²) in [5.74, 6) is 0. The Bertz CT molecular complexity index is 1320. The Morgan fingerprint density at radius 1 is 0.963 bits per heavy atom. The first kappa shape index (κ1) is 15.2. The molecule has 5 aromatic rings. The molecule has 0 saturated carbocycles. The van der Waals surface area contributed by atoms with Gasteiger partial charge in [0, 0.05) is 51.7 Å². The Labute approximate surface area is 154 Å². The van der Waals surface area contributed by atoms with E-state index < -0.39 is 0 Å². The highest BCUT2D eigenvalue weighted by molar-refractivity contribution is 6.01. The molecule has 0 aliphatic rings. The summed E-state index contributed by atoms with van der Waals surface area (Å²) in [6.07, 6.45) is 6.95. The zero-order valence-electron chi connectivity index (χ0n) is 14.2. The molecule has 0 aliphatic carbocycles. The van der Waals surface area contributed by atoms with Crippen LogP contribution in [0, 0.1) is 11.3 Å². The monoisotopic (exact) mass is 350 g/mol. The van der Waals surface area contributed by atoms with Crippen molar-refractivity contribution in [1.82, 2.24) is 9.97 Å². The van der Waals surface area contributed by atoms with Crippen molar-refractivity contribution in [2.75, 3.05) is 5.32 Å². The third-order valence-corrected chi connectivity index (χ3v) is 4.69. The van der Waals surface area contributed by atoms with Crippen LogP contribution >= 0.6 is 0 Å². The number of nitriles is 1. The van der Waals surface area contributed by atoms with Crippen molar-refractivity contribution in [2.45, 2.75) is 0 Å². The standard InChI is InChI=1S/C22H14N4O/c23-10-14-11-24-12-17(18-13-27-21-7-2-1-4-15(18)21)22(14)26-20-6-3-5-19-16(20)8-9-25-19/h1-9,11-13,25H,(H,24,26). The van der Waals surface area contributed by atoms with Crippen LogP contribution < -0.4 is 5.32 Å². The third-order valence-electron chi connectivity index (χ3n) is 4.69. The van der Waals surface area contributed by atoms with E-state index >= 15 is 0 Å². The number of furan rings is 1. The second-order valence-electron chi connectivity index (χ2n) is 6.24. The molecule has 0 spiro atoms. The first-order chi connectivity index (χ1) is 13.3. The molecular formula is C22H14N4O. The number of nitrogens with zero attached hydrogens (tertiary/aromatic N) is 2. The average molecular weight is 350 g/mol. The van der Waals surface area contributed by atoms with E-state index in [1.54, 1.807) is 18.7 Å². The molecule has 128 valence electrons. The number of benzene rings is 2. The quantitative estimate of drug-likeness (QED) is 0.444. The molecule has 27 heavy (non-hydrogen) atoms. The number of hydrogen-bond donors (Lipinski definition) is 2. The fourth-order valence-corrected chi connectivity index (χ4v) is 3.40. The second kappa shape index (κ2) is 6.04. The highest BCUT2D eigenvalue weighted by Crippen LogP contribution is 2.38. The molecule has 5 nitrogen and oxygen atoms in total. The van der Waals surface area contributed by atoms with Gasteiger partial charge in [0.1, 0.15) is 11.7 Å². The largest absolute Gasteiger partial charge is 0.464 e. The molecule has 0 saturated heterocycles.